The van der Waals surface area contributed by atoms with Gasteiger partial charge in [0.2, 0.25) is 0 Å². The van der Waals surface area contributed by atoms with E-state index in [1.165, 1.54) is 22.3 Å². The fraction of sp³-hybridized carbons (Fsp3) is 0.138. The molecule has 0 N–H and O–H groups in total. The van der Waals surface area contributed by atoms with E-state index >= 15 is 0 Å². The van der Waals surface area contributed by atoms with Crippen LogP contribution in [0.2, 0.25) is 0 Å². The van der Waals surface area contributed by atoms with Crippen molar-refractivity contribution in [3.05, 3.63) is 216 Å². The standard InChI is InChI=1S/C58H48N6/c1-4-17-40(48-27-16-28-49(39(48)3)53-34-38(2)47-32-30-42-31-33-52(41-18-10-7-11-19-41)60-55(42)56(47)61-53)23-15-29-54-62-57(43-20-8-5-6-9-21-43)64-58(63-54)45-25-14-24-44(35-45)51-37-59-36-46-22-12-13-26-50(46)51/h5-8,10-28,30-33,35-38H,4,9,29,34H2,1-3H3/b23-15-,40-17+. The van der Waals surface area contributed by atoms with Gasteiger partial charge in [-0.05, 0) is 83.0 Å². The van der Waals surface area contributed by atoms with Gasteiger partial charge < -0.3 is 0 Å². The molecule has 3 aromatic heterocycles. The van der Waals surface area contributed by atoms with Crippen molar-refractivity contribution < 1.29 is 0 Å². The Morgan fingerprint density at radius 1 is 0.719 bits per heavy atom. The quantitative estimate of drug-likeness (QED) is 0.128. The fourth-order valence-electron chi connectivity index (χ4n) is 8.95. The Hall–Kier alpha value is -7.70. The maximum atomic E-state index is 5.44. The second-order valence-corrected chi connectivity index (χ2v) is 16.5. The number of rotatable bonds is 10. The molecule has 8 aromatic rings. The number of benzene rings is 5. The number of pyridine rings is 2. The highest BCUT2D eigenvalue weighted by Crippen LogP contribution is 2.41. The third-order valence-electron chi connectivity index (χ3n) is 12.2. The van der Waals surface area contributed by atoms with E-state index in [2.05, 4.69) is 177 Å². The third-order valence-corrected chi connectivity index (χ3v) is 12.2. The Balaban J connectivity index is 0.978. The molecule has 0 fully saturated rings. The summed E-state index contributed by atoms with van der Waals surface area (Å²) in [6.45, 7) is 6.73. The molecule has 6 heteroatoms. The average Bonchev–Trinajstić information content (AvgIpc) is 3.64. The first-order chi connectivity index (χ1) is 31.5. The minimum absolute atomic E-state index is 0.302. The van der Waals surface area contributed by atoms with Crippen LogP contribution >= 0.6 is 0 Å². The molecule has 1 unspecified atom stereocenters. The van der Waals surface area contributed by atoms with Crippen LogP contribution in [0.1, 0.15) is 72.9 Å². The van der Waals surface area contributed by atoms with Gasteiger partial charge in [-0.25, -0.2) is 19.9 Å². The van der Waals surface area contributed by atoms with Crippen LogP contribution in [0.3, 0.4) is 0 Å². The lowest BCUT2D eigenvalue weighted by molar-refractivity contribution is 0.793. The molecule has 1 aliphatic heterocycles. The van der Waals surface area contributed by atoms with Gasteiger partial charge in [-0.15, -0.1) is 0 Å². The maximum Gasteiger partial charge on any atom is 0.163 e. The minimum Gasteiger partial charge on any atom is -0.263 e. The number of allylic oxidation sites excluding steroid dienone is 10. The summed E-state index contributed by atoms with van der Waals surface area (Å²) in [7, 11) is 0. The van der Waals surface area contributed by atoms with Gasteiger partial charge in [-0.2, -0.15) is 0 Å². The topological polar surface area (TPSA) is 76.8 Å². The maximum absolute atomic E-state index is 5.44. The van der Waals surface area contributed by atoms with Crippen molar-refractivity contribution in [1.82, 2.24) is 24.9 Å². The summed E-state index contributed by atoms with van der Waals surface area (Å²) in [6, 6.07) is 42.5. The Bertz CT molecular complexity index is 3250. The summed E-state index contributed by atoms with van der Waals surface area (Å²) in [5.74, 6) is 2.32. The monoisotopic (exact) mass is 828 g/mol. The zero-order valence-corrected chi connectivity index (χ0v) is 36.4. The Morgan fingerprint density at radius 2 is 1.53 bits per heavy atom. The van der Waals surface area contributed by atoms with E-state index in [4.69, 9.17) is 24.9 Å². The average molecular weight is 829 g/mol. The van der Waals surface area contributed by atoms with Crippen molar-refractivity contribution in [1.29, 1.82) is 0 Å². The Morgan fingerprint density at radius 3 is 2.44 bits per heavy atom. The lowest BCUT2D eigenvalue weighted by Gasteiger charge is -2.24. The molecule has 64 heavy (non-hydrogen) atoms. The summed E-state index contributed by atoms with van der Waals surface area (Å²) in [5, 5.41) is 3.36. The molecular formula is C58H48N6. The van der Waals surface area contributed by atoms with Gasteiger partial charge in [0.25, 0.3) is 0 Å². The summed E-state index contributed by atoms with van der Waals surface area (Å²) in [5.41, 5.74) is 15.1. The molecule has 0 amide bonds. The summed E-state index contributed by atoms with van der Waals surface area (Å²) in [6.07, 6.45) is 24.2. The smallest absolute Gasteiger partial charge is 0.163 e. The van der Waals surface area contributed by atoms with Gasteiger partial charge in [0.05, 0.1) is 16.9 Å². The second kappa shape index (κ2) is 18.0. The number of aliphatic imine (C=N–C) groups is 1. The van der Waals surface area contributed by atoms with Crippen molar-refractivity contribution in [3.8, 4) is 33.8 Å². The van der Waals surface area contributed by atoms with E-state index in [1.807, 2.05) is 30.6 Å². The van der Waals surface area contributed by atoms with Crippen molar-refractivity contribution in [3.63, 3.8) is 0 Å². The van der Waals surface area contributed by atoms with Crippen LogP contribution in [0, 0.1) is 6.92 Å². The van der Waals surface area contributed by atoms with Crippen molar-refractivity contribution in [2.75, 3.05) is 0 Å². The number of fused-ring (bicyclic) bond motifs is 4. The predicted octanol–water partition coefficient (Wildman–Crippen LogP) is 14.4. The molecule has 10 rings (SSSR count). The number of hydrogen-bond donors (Lipinski definition) is 0. The second-order valence-electron chi connectivity index (χ2n) is 16.5. The summed E-state index contributed by atoms with van der Waals surface area (Å²) in [4.78, 5) is 30.4. The van der Waals surface area contributed by atoms with E-state index in [9.17, 15) is 0 Å². The first-order valence-corrected chi connectivity index (χ1v) is 22.3. The molecular weight excluding hydrogens is 781 g/mol. The summed E-state index contributed by atoms with van der Waals surface area (Å²) < 4.78 is 0. The molecule has 0 saturated carbocycles. The van der Waals surface area contributed by atoms with Crippen LogP contribution in [-0.2, 0) is 6.42 Å². The highest BCUT2D eigenvalue weighted by Gasteiger charge is 2.24. The molecule has 2 aliphatic rings. The van der Waals surface area contributed by atoms with E-state index in [0.717, 1.165) is 91.4 Å². The molecule has 6 nitrogen and oxygen atoms in total. The number of aromatic nitrogens is 5. The fourth-order valence-corrected chi connectivity index (χ4v) is 8.95. The van der Waals surface area contributed by atoms with Crippen molar-refractivity contribution >= 4 is 44.2 Å². The van der Waals surface area contributed by atoms with Gasteiger partial charge >= 0.3 is 0 Å². The molecule has 1 atom stereocenters. The van der Waals surface area contributed by atoms with Crippen LogP contribution < -0.4 is 0 Å². The van der Waals surface area contributed by atoms with E-state index in [1.54, 1.807) is 0 Å². The molecule has 1 aliphatic carbocycles. The molecule has 0 radical (unpaired) electrons. The highest BCUT2D eigenvalue weighted by atomic mass is 15.0. The summed E-state index contributed by atoms with van der Waals surface area (Å²) >= 11 is 0. The van der Waals surface area contributed by atoms with E-state index < -0.39 is 0 Å². The molecule has 0 spiro atoms. The number of nitrogens with zero attached hydrogens (tertiary/aromatic N) is 6. The van der Waals surface area contributed by atoms with Gasteiger partial charge in [0.1, 0.15) is 5.82 Å². The molecule has 0 bridgehead atoms. The molecule has 0 saturated heterocycles. The van der Waals surface area contributed by atoms with Crippen LogP contribution in [-0.4, -0.2) is 30.6 Å². The zero-order chi connectivity index (χ0) is 43.4. The molecule has 4 heterocycles. The van der Waals surface area contributed by atoms with Crippen LogP contribution in [0.5, 0.6) is 0 Å². The first-order valence-electron chi connectivity index (χ1n) is 22.3. The minimum atomic E-state index is 0.302. The lowest BCUT2D eigenvalue weighted by Crippen LogP contribution is -2.13. The van der Waals surface area contributed by atoms with Gasteiger partial charge in [0, 0.05) is 57.6 Å². The zero-order valence-electron chi connectivity index (χ0n) is 36.4. The van der Waals surface area contributed by atoms with Gasteiger partial charge in [0.15, 0.2) is 11.6 Å². The molecule has 5 aromatic carbocycles. The van der Waals surface area contributed by atoms with Gasteiger partial charge in [-0.1, -0.05) is 172 Å². The predicted molar refractivity (Wildman–Crippen MR) is 266 cm³/mol. The SMILES string of the molecule is CC/C=C(\C=C/Cc1nc(C2=CCC=CC=C2)nc(-c2cccc(-c3cncc4ccccc34)c2)n1)c1cccc(C2=Nc3c(ccc4ccc(-c5ccccc5)nc34)C(C)C2)c1C. The van der Waals surface area contributed by atoms with Crippen LogP contribution in [0.25, 0.3) is 66.6 Å². The van der Waals surface area contributed by atoms with Gasteiger partial charge in [-0.3, -0.25) is 9.98 Å². The van der Waals surface area contributed by atoms with Crippen LogP contribution in [0.4, 0.5) is 5.69 Å². The van der Waals surface area contributed by atoms with E-state index in [0.29, 0.717) is 29.8 Å². The largest absolute Gasteiger partial charge is 0.263 e. The number of hydrogen-bond acceptors (Lipinski definition) is 6. The lowest BCUT2D eigenvalue weighted by atomic mass is 9.85. The third kappa shape index (κ3) is 8.18. The first kappa shape index (κ1) is 40.4. The Kier molecular flexibility index (Phi) is 11.3. The normalized spacial score (nSPS) is 15.0. The van der Waals surface area contributed by atoms with E-state index in [-0.39, 0.29) is 0 Å². The Labute approximate surface area is 375 Å². The van der Waals surface area contributed by atoms with Crippen molar-refractivity contribution in [2.45, 2.75) is 52.4 Å². The molecule has 310 valence electrons. The van der Waals surface area contributed by atoms with Crippen LogP contribution in [0.15, 0.2) is 187 Å². The van der Waals surface area contributed by atoms with Crippen molar-refractivity contribution in [2.24, 2.45) is 4.99 Å². The highest BCUT2D eigenvalue weighted by molar-refractivity contribution is 6.08.